The normalized spacial score (nSPS) is 14.2. The maximum atomic E-state index is 12.1. The zero-order chi connectivity index (χ0) is 18.0. The highest BCUT2D eigenvalue weighted by atomic mass is 16.6. The standard InChI is InChI=1S/C18H24N2O4/c1-5-17(2,3)24-16(23)20-18(4,15(21)22)10-12-11-19-14-9-7-6-8-13(12)14/h6-9,11,19H,5,10H2,1-4H3,(H,20,23)(H,21,22). The van der Waals surface area contributed by atoms with Gasteiger partial charge in [0.2, 0.25) is 0 Å². The molecule has 2 aromatic rings. The summed E-state index contributed by atoms with van der Waals surface area (Å²) in [7, 11) is 0. The van der Waals surface area contributed by atoms with Gasteiger partial charge in [0.15, 0.2) is 0 Å². The number of carboxylic acid groups (broad SMARTS) is 1. The lowest BCUT2D eigenvalue weighted by atomic mass is 9.93. The fourth-order valence-electron chi connectivity index (χ4n) is 2.41. The van der Waals surface area contributed by atoms with Crippen molar-refractivity contribution in [1.82, 2.24) is 10.3 Å². The van der Waals surface area contributed by atoms with Crippen molar-refractivity contribution >= 4 is 23.0 Å². The number of hydrogen-bond donors (Lipinski definition) is 3. The third-order valence-electron chi connectivity index (χ3n) is 4.29. The van der Waals surface area contributed by atoms with Gasteiger partial charge in [-0.2, -0.15) is 0 Å². The van der Waals surface area contributed by atoms with Gasteiger partial charge in [0.1, 0.15) is 11.1 Å². The van der Waals surface area contributed by atoms with Crippen LogP contribution in [0.25, 0.3) is 10.9 Å². The van der Waals surface area contributed by atoms with Gasteiger partial charge in [0.05, 0.1) is 0 Å². The molecule has 2 rings (SSSR count). The fraction of sp³-hybridized carbons (Fsp3) is 0.444. The van der Waals surface area contributed by atoms with Crippen molar-refractivity contribution < 1.29 is 19.4 Å². The summed E-state index contributed by atoms with van der Waals surface area (Å²) in [6.45, 7) is 6.95. The molecule has 3 N–H and O–H groups in total. The quantitative estimate of drug-likeness (QED) is 0.755. The number of aromatic nitrogens is 1. The molecule has 1 aromatic carbocycles. The zero-order valence-corrected chi connectivity index (χ0v) is 14.5. The summed E-state index contributed by atoms with van der Waals surface area (Å²) in [5.74, 6) is -1.11. The second-order valence-electron chi connectivity index (χ2n) is 6.80. The van der Waals surface area contributed by atoms with Gasteiger partial charge in [-0.15, -0.1) is 0 Å². The van der Waals surface area contributed by atoms with Crippen LogP contribution in [0.4, 0.5) is 4.79 Å². The molecular weight excluding hydrogens is 308 g/mol. The van der Waals surface area contributed by atoms with Gasteiger partial charge in [0, 0.05) is 23.5 Å². The molecule has 1 unspecified atom stereocenters. The van der Waals surface area contributed by atoms with Crippen molar-refractivity contribution in [3.63, 3.8) is 0 Å². The van der Waals surface area contributed by atoms with E-state index < -0.39 is 23.2 Å². The van der Waals surface area contributed by atoms with Gasteiger partial charge < -0.3 is 20.1 Å². The van der Waals surface area contributed by atoms with Crippen molar-refractivity contribution in [2.24, 2.45) is 0 Å². The molecule has 1 amide bonds. The number of benzene rings is 1. The molecule has 130 valence electrons. The van der Waals surface area contributed by atoms with E-state index in [1.165, 1.54) is 6.92 Å². The van der Waals surface area contributed by atoms with E-state index in [-0.39, 0.29) is 6.42 Å². The molecule has 0 fully saturated rings. The molecule has 0 bridgehead atoms. The van der Waals surface area contributed by atoms with Gasteiger partial charge in [-0.05, 0) is 38.8 Å². The summed E-state index contributed by atoms with van der Waals surface area (Å²) in [5, 5.41) is 13.1. The summed E-state index contributed by atoms with van der Waals surface area (Å²) in [5.41, 5.74) is -0.364. The van der Waals surface area contributed by atoms with Crippen LogP contribution in [0.2, 0.25) is 0 Å². The molecule has 1 atom stereocenters. The van der Waals surface area contributed by atoms with Crippen molar-refractivity contribution in [2.75, 3.05) is 0 Å². The van der Waals surface area contributed by atoms with Crippen LogP contribution in [0, 0.1) is 0 Å². The van der Waals surface area contributed by atoms with E-state index in [4.69, 9.17) is 4.74 Å². The van der Waals surface area contributed by atoms with E-state index in [0.717, 1.165) is 16.5 Å². The molecule has 6 heteroatoms. The third-order valence-corrected chi connectivity index (χ3v) is 4.29. The van der Waals surface area contributed by atoms with E-state index in [1.807, 2.05) is 31.2 Å². The Morgan fingerprint density at radius 1 is 1.25 bits per heavy atom. The Morgan fingerprint density at radius 3 is 2.54 bits per heavy atom. The van der Waals surface area contributed by atoms with Crippen LogP contribution >= 0.6 is 0 Å². The van der Waals surface area contributed by atoms with E-state index in [2.05, 4.69) is 10.3 Å². The highest BCUT2D eigenvalue weighted by molar-refractivity contribution is 5.87. The van der Waals surface area contributed by atoms with Crippen molar-refractivity contribution in [3.8, 4) is 0 Å². The maximum Gasteiger partial charge on any atom is 0.408 e. The van der Waals surface area contributed by atoms with E-state index in [0.29, 0.717) is 6.42 Å². The minimum absolute atomic E-state index is 0.147. The summed E-state index contributed by atoms with van der Waals surface area (Å²) in [6.07, 6.45) is 1.82. The van der Waals surface area contributed by atoms with Crippen molar-refractivity contribution in [3.05, 3.63) is 36.0 Å². The largest absolute Gasteiger partial charge is 0.480 e. The van der Waals surface area contributed by atoms with Gasteiger partial charge in [-0.1, -0.05) is 25.1 Å². The van der Waals surface area contributed by atoms with Gasteiger partial charge in [-0.3, -0.25) is 0 Å². The monoisotopic (exact) mass is 332 g/mol. The molecule has 24 heavy (non-hydrogen) atoms. The first kappa shape index (κ1) is 17.8. The van der Waals surface area contributed by atoms with Crippen molar-refractivity contribution in [1.29, 1.82) is 0 Å². The van der Waals surface area contributed by atoms with Crippen LogP contribution in [0.3, 0.4) is 0 Å². The summed E-state index contributed by atoms with van der Waals surface area (Å²) in [6, 6.07) is 7.63. The number of aliphatic carboxylic acids is 1. The number of ether oxygens (including phenoxy) is 1. The number of fused-ring (bicyclic) bond motifs is 1. The number of H-pyrrole nitrogens is 1. The first-order chi connectivity index (χ1) is 11.2. The number of aromatic amines is 1. The topological polar surface area (TPSA) is 91.4 Å². The van der Waals surface area contributed by atoms with E-state index in [9.17, 15) is 14.7 Å². The Hall–Kier alpha value is -2.50. The number of hydrogen-bond acceptors (Lipinski definition) is 3. The molecule has 0 aliphatic carbocycles. The highest BCUT2D eigenvalue weighted by Gasteiger charge is 2.37. The van der Waals surface area contributed by atoms with Gasteiger partial charge >= 0.3 is 12.1 Å². The van der Waals surface area contributed by atoms with Gasteiger partial charge in [-0.25, -0.2) is 9.59 Å². The fourth-order valence-corrected chi connectivity index (χ4v) is 2.41. The molecule has 0 radical (unpaired) electrons. The number of rotatable bonds is 6. The zero-order valence-electron chi connectivity index (χ0n) is 14.5. The second kappa shape index (κ2) is 6.55. The number of carboxylic acids is 1. The molecule has 6 nitrogen and oxygen atoms in total. The molecule has 0 aliphatic heterocycles. The first-order valence-corrected chi connectivity index (χ1v) is 7.96. The number of alkyl carbamates (subject to hydrolysis) is 1. The average Bonchev–Trinajstić information content (AvgIpc) is 2.89. The minimum Gasteiger partial charge on any atom is -0.480 e. The molecule has 1 heterocycles. The smallest absolute Gasteiger partial charge is 0.408 e. The Kier molecular flexibility index (Phi) is 4.87. The third kappa shape index (κ3) is 3.88. The number of para-hydroxylation sites is 1. The second-order valence-corrected chi connectivity index (χ2v) is 6.80. The Morgan fingerprint density at radius 2 is 1.92 bits per heavy atom. The van der Waals surface area contributed by atoms with Crippen LogP contribution in [0.15, 0.2) is 30.5 Å². The number of carbonyl (C=O) groups is 2. The predicted molar refractivity (Wildman–Crippen MR) is 92.0 cm³/mol. The van der Waals surface area contributed by atoms with Crippen LogP contribution in [-0.4, -0.2) is 33.3 Å². The molecule has 0 saturated carbocycles. The lowest BCUT2D eigenvalue weighted by Gasteiger charge is -2.29. The molecule has 0 aliphatic rings. The van der Waals surface area contributed by atoms with Crippen molar-refractivity contribution in [2.45, 2.75) is 51.7 Å². The van der Waals surface area contributed by atoms with Gasteiger partial charge in [0.25, 0.3) is 0 Å². The molecule has 1 aromatic heterocycles. The Bertz CT molecular complexity index is 750. The number of nitrogens with one attached hydrogen (secondary N) is 2. The first-order valence-electron chi connectivity index (χ1n) is 7.96. The van der Waals surface area contributed by atoms with E-state index in [1.54, 1.807) is 20.0 Å². The van der Waals surface area contributed by atoms with Crippen LogP contribution in [-0.2, 0) is 16.0 Å². The van der Waals surface area contributed by atoms with Crippen LogP contribution in [0.5, 0.6) is 0 Å². The molecule has 0 saturated heterocycles. The lowest BCUT2D eigenvalue weighted by molar-refractivity contribution is -0.144. The highest BCUT2D eigenvalue weighted by Crippen LogP contribution is 2.23. The SMILES string of the molecule is CCC(C)(C)OC(=O)NC(C)(Cc1c[nH]c2ccccc12)C(=O)O. The maximum absolute atomic E-state index is 12.1. The van der Waals surface area contributed by atoms with Crippen LogP contribution in [0.1, 0.15) is 39.7 Å². The van der Waals surface area contributed by atoms with Crippen LogP contribution < -0.4 is 5.32 Å². The Balaban J connectivity index is 2.21. The molecular formula is C18H24N2O4. The molecule has 0 spiro atoms. The summed E-state index contributed by atoms with van der Waals surface area (Å²) in [4.78, 5) is 27.0. The Labute approximate surface area is 141 Å². The van der Waals surface area contributed by atoms with E-state index >= 15 is 0 Å². The summed E-state index contributed by atoms with van der Waals surface area (Å²) < 4.78 is 5.32. The number of amides is 1. The predicted octanol–water partition coefficient (Wildman–Crippen LogP) is 3.47. The summed E-state index contributed by atoms with van der Waals surface area (Å²) >= 11 is 0. The average molecular weight is 332 g/mol. The number of carbonyl (C=O) groups excluding carboxylic acids is 1. The lowest BCUT2D eigenvalue weighted by Crippen LogP contribution is -2.55. The minimum atomic E-state index is -1.47.